The first kappa shape index (κ1) is 17.2. The highest BCUT2D eigenvalue weighted by Gasteiger charge is 2.30. The zero-order chi connectivity index (χ0) is 18.1. The summed E-state index contributed by atoms with van der Waals surface area (Å²) in [6.45, 7) is 2.86. The minimum Gasteiger partial charge on any atom is -0.493 e. The second kappa shape index (κ2) is 7.17. The number of thioether (sulfide) groups is 1. The molecule has 4 N–H and O–H groups in total. The molecule has 136 valence electrons. The minimum absolute atomic E-state index is 0.197. The van der Waals surface area contributed by atoms with Gasteiger partial charge < -0.3 is 20.4 Å². The van der Waals surface area contributed by atoms with Gasteiger partial charge in [0.1, 0.15) is 5.56 Å². The van der Waals surface area contributed by atoms with E-state index in [1.54, 1.807) is 0 Å². The fourth-order valence-corrected chi connectivity index (χ4v) is 4.46. The van der Waals surface area contributed by atoms with Crippen LogP contribution in [0.25, 0.3) is 10.9 Å². The van der Waals surface area contributed by atoms with Crippen molar-refractivity contribution < 1.29 is 5.11 Å². The Kier molecular flexibility index (Phi) is 4.74. The maximum atomic E-state index is 12.7. The van der Waals surface area contributed by atoms with Crippen molar-refractivity contribution in [1.29, 1.82) is 0 Å². The number of nitrogens with one attached hydrogen (secondary N) is 3. The Morgan fingerprint density at radius 3 is 2.96 bits per heavy atom. The first-order valence-electron chi connectivity index (χ1n) is 8.98. The second-order valence-corrected chi connectivity index (χ2v) is 7.59. The summed E-state index contributed by atoms with van der Waals surface area (Å²) in [7, 11) is 0. The average Bonchev–Trinajstić information content (AvgIpc) is 3.01. The molecule has 3 heterocycles. The van der Waals surface area contributed by atoms with E-state index < -0.39 is 6.04 Å². The Morgan fingerprint density at radius 2 is 2.15 bits per heavy atom. The Hall–Kier alpha value is -2.25. The van der Waals surface area contributed by atoms with Gasteiger partial charge in [-0.05, 0) is 24.5 Å². The summed E-state index contributed by atoms with van der Waals surface area (Å²) in [5.74, 6) is 0.670. The third-order valence-electron chi connectivity index (χ3n) is 4.80. The summed E-state index contributed by atoms with van der Waals surface area (Å²) in [6.07, 6.45) is 3.00. The van der Waals surface area contributed by atoms with E-state index in [4.69, 9.17) is 0 Å². The number of fused-ring (bicyclic) bond motifs is 3. The van der Waals surface area contributed by atoms with Crippen molar-refractivity contribution >= 4 is 22.7 Å². The van der Waals surface area contributed by atoms with Gasteiger partial charge in [0, 0.05) is 28.9 Å². The number of unbranched alkanes of at least 4 members (excludes halogenated alkanes) is 1. The van der Waals surface area contributed by atoms with Gasteiger partial charge in [0.25, 0.3) is 5.56 Å². The molecule has 4 rings (SSSR count). The van der Waals surface area contributed by atoms with Gasteiger partial charge in [-0.15, -0.1) is 0 Å². The molecule has 26 heavy (non-hydrogen) atoms. The van der Waals surface area contributed by atoms with E-state index in [0.717, 1.165) is 42.8 Å². The molecule has 0 saturated carbocycles. The molecule has 2 aromatic heterocycles. The molecule has 6 nitrogen and oxygen atoms in total. The lowest BCUT2D eigenvalue weighted by Crippen LogP contribution is -2.34. The SMILES string of the molecule is CCCCSc1nc(O)c(C2NCCc3c2[nH]c2ccccc32)c(=O)[nH]1. The number of aromatic amines is 2. The molecule has 0 fully saturated rings. The Labute approximate surface area is 155 Å². The van der Waals surface area contributed by atoms with Crippen molar-refractivity contribution in [3.05, 3.63) is 51.4 Å². The molecule has 0 amide bonds. The predicted molar refractivity (Wildman–Crippen MR) is 104 cm³/mol. The van der Waals surface area contributed by atoms with Gasteiger partial charge in [0.2, 0.25) is 5.88 Å². The highest BCUT2D eigenvalue weighted by molar-refractivity contribution is 7.99. The Morgan fingerprint density at radius 1 is 1.31 bits per heavy atom. The van der Waals surface area contributed by atoms with Crippen molar-refractivity contribution in [2.45, 2.75) is 37.4 Å². The van der Waals surface area contributed by atoms with Crippen molar-refractivity contribution in [3.63, 3.8) is 0 Å². The van der Waals surface area contributed by atoms with Crippen molar-refractivity contribution in [1.82, 2.24) is 20.3 Å². The lowest BCUT2D eigenvalue weighted by molar-refractivity contribution is 0.421. The van der Waals surface area contributed by atoms with Gasteiger partial charge in [-0.3, -0.25) is 4.79 Å². The molecular formula is C19H22N4O2S. The van der Waals surface area contributed by atoms with Crippen LogP contribution in [0.15, 0.2) is 34.2 Å². The van der Waals surface area contributed by atoms with Crippen LogP contribution >= 0.6 is 11.8 Å². The number of hydrogen-bond acceptors (Lipinski definition) is 5. The van der Waals surface area contributed by atoms with Crippen LogP contribution in [0.2, 0.25) is 0 Å². The van der Waals surface area contributed by atoms with Crippen molar-refractivity contribution in [3.8, 4) is 5.88 Å². The van der Waals surface area contributed by atoms with E-state index >= 15 is 0 Å². The van der Waals surface area contributed by atoms with E-state index in [0.29, 0.717) is 5.16 Å². The van der Waals surface area contributed by atoms with Gasteiger partial charge in [-0.1, -0.05) is 43.3 Å². The molecule has 1 aliphatic heterocycles. The molecule has 1 aliphatic rings. The fraction of sp³-hybridized carbons (Fsp3) is 0.368. The molecule has 3 aromatic rings. The predicted octanol–water partition coefficient (Wildman–Crippen LogP) is 3.08. The molecule has 0 radical (unpaired) electrons. The molecular weight excluding hydrogens is 348 g/mol. The van der Waals surface area contributed by atoms with Crippen molar-refractivity contribution in [2.24, 2.45) is 0 Å². The van der Waals surface area contributed by atoms with Crippen LogP contribution in [-0.2, 0) is 6.42 Å². The number of hydrogen-bond donors (Lipinski definition) is 4. The molecule has 1 aromatic carbocycles. The molecule has 0 bridgehead atoms. The van der Waals surface area contributed by atoms with Gasteiger partial charge >= 0.3 is 0 Å². The first-order valence-corrected chi connectivity index (χ1v) is 9.96. The third kappa shape index (κ3) is 3.01. The zero-order valence-electron chi connectivity index (χ0n) is 14.6. The fourth-order valence-electron chi connectivity index (χ4n) is 3.52. The lowest BCUT2D eigenvalue weighted by atomic mass is 9.95. The molecule has 0 aliphatic carbocycles. The van der Waals surface area contributed by atoms with Crippen LogP contribution in [0.4, 0.5) is 0 Å². The molecule has 1 unspecified atom stereocenters. The number of nitrogens with zero attached hydrogens (tertiary/aromatic N) is 1. The number of aromatic hydroxyl groups is 1. The molecule has 7 heteroatoms. The number of rotatable bonds is 5. The summed E-state index contributed by atoms with van der Waals surface area (Å²) in [5, 5.41) is 15.5. The summed E-state index contributed by atoms with van der Waals surface area (Å²) in [4.78, 5) is 23.1. The van der Waals surface area contributed by atoms with E-state index in [2.05, 4.69) is 33.3 Å². The van der Waals surface area contributed by atoms with Crippen molar-refractivity contribution in [2.75, 3.05) is 12.3 Å². The molecule has 0 saturated heterocycles. The van der Waals surface area contributed by atoms with Gasteiger partial charge in [-0.25, -0.2) is 0 Å². The number of H-pyrrole nitrogens is 2. The molecule has 0 spiro atoms. The Balaban J connectivity index is 1.74. The van der Waals surface area contributed by atoms with Crippen LogP contribution in [0.3, 0.4) is 0 Å². The summed E-state index contributed by atoms with van der Waals surface area (Å²) in [5.41, 5.74) is 3.16. The largest absolute Gasteiger partial charge is 0.493 e. The maximum Gasteiger partial charge on any atom is 0.260 e. The highest BCUT2D eigenvalue weighted by atomic mass is 32.2. The minimum atomic E-state index is -0.392. The lowest BCUT2D eigenvalue weighted by Gasteiger charge is -2.24. The zero-order valence-corrected chi connectivity index (χ0v) is 15.4. The normalized spacial score (nSPS) is 16.7. The standard InChI is InChI=1S/C19H22N4O2S/c1-2-3-10-26-19-22-17(24)14(18(25)23-19)16-15-12(8-9-20-16)11-6-4-5-7-13(11)21-15/h4-7,16,20-21H,2-3,8-10H2,1H3,(H2,22,23,24,25). The number of aromatic nitrogens is 3. The van der Waals surface area contributed by atoms with Gasteiger partial charge in [0.15, 0.2) is 5.16 Å². The second-order valence-electron chi connectivity index (χ2n) is 6.51. The number of benzene rings is 1. The summed E-state index contributed by atoms with van der Waals surface area (Å²) in [6, 6.07) is 7.73. The van der Waals surface area contributed by atoms with E-state index in [1.165, 1.54) is 22.7 Å². The highest BCUT2D eigenvalue weighted by Crippen LogP contribution is 2.34. The van der Waals surface area contributed by atoms with Crippen LogP contribution in [-0.4, -0.2) is 32.4 Å². The van der Waals surface area contributed by atoms with Crippen LogP contribution in [0, 0.1) is 0 Å². The van der Waals surface area contributed by atoms with Crippen LogP contribution < -0.4 is 10.9 Å². The average molecular weight is 370 g/mol. The smallest absolute Gasteiger partial charge is 0.260 e. The van der Waals surface area contributed by atoms with Crippen LogP contribution in [0.5, 0.6) is 5.88 Å². The summed E-state index contributed by atoms with van der Waals surface area (Å²) >= 11 is 1.46. The van der Waals surface area contributed by atoms with Crippen LogP contribution in [0.1, 0.15) is 42.6 Å². The van der Waals surface area contributed by atoms with E-state index in [9.17, 15) is 9.90 Å². The number of para-hydroxylation sites is 1. The third-order valence-corrected chi connectivity index (χ3v) is 5.76. The quantitative estimate of drug-likeness (QED) is 0.315. The van der Waals surface area contributed by atoms with Gasteiger partial charge in [0.05, 0.1) is 6.04 Å². The monoisotopic (exact) mass is 370 g/mol. The first-order chi connectivity index (χ1) is 12.7. The maximum absolute atomic E-state index is 12.7. The molecule has 1 atom stereocenters. The van der Waals surface area contributed by atoms with E-state index in [-0.39, 0.29) is 17.0 Å². The van der Waals surface area contributed by atoms with Gasteiger partial charge in [-0.2, -0.15) is 4.98 Å². The van der Waals surface area contributed by atoms with E-state index in [1.807, 2.05) is 18.2 Å². The Bertz CT molecular complexity index is 995. The topological polar surface area (TPSA) is 93.8 Å². The summed E-state index contributed by atoms with van der Waals surface area (Å²) < 4.78 is 0.